The molecule has 0 aromatic heterocycles. The molecule has 1 aromatic rings. The van der Waals surface area contributed by atoms with Gasteiger partial charge in [-0.25, -0.2) is 0 Å². The van der Waals surface area contributed by atoms with Crippen LogP contribution in [0.25, 0.3) is 0 Å². The van der Waals surface area contributed by atoms with Gasteiger partial charge in [0.1, 0.15) is 0 Å². The third-order valence-electron chi connectivity index (χ3n) is 3.81. The second-order valence-electron chi connectivity index (χ2n) is 5.30. The molecular weight excluding hydrogens is 198 g/mol. The first-order valence-corrected chi connectivity index (χ1v) is 6.28. The van der Waals surface area contributed by atoms with Gasteiger partial charge in [-0.1, -0.05) is 24.3 Å². The van der Waals surface area contributed by atoms with Crippen molar-refractivity contribution < 1.29 is 5.11 Å². The Morgan fingerprint density at radius 3 is 2.81 bits per heavy atom. The summed E-state index contributed by atoms with van der Waals surface area (Å²) < 4.78 is 0. The van der Waals surface area contributed by atoms with Crippen molar-refractivity contribution in [2.45, 2.75) is 37.2 Å². The predicted octanol–water partition coefficient (Wildman–Crippen LogP) is 1.83. The minimum absolute atomic E-state index is 0.509. The van der Waals surface area contributed by atoms with Crippen molar-refractivity contribution in [3.63, 3.8) is 0 Å². The van der Waals surface area contributed by atoms with Crippen LogP contribution in [0.3, 0.4) is 0 Å². The van der Waals surface area contributed by atoms with Crippen LogP contribution in [0.1, 0.15) is 36.3 Å². The third-order valence-corrected chi connectivity index (χ3v) is 3.81. The Kier molecular flexibility index (Phi) is 2.49. The van der Waals surface area contributed by atoms with E-state index in [9.17, 15) is 5.11 Å². The molecule has 1 atom stereocenters. The van der Waals surface area contributed by atoms with Crippen LogP contribution in [0, 0.1) is 0 Å². The van der Waals surface area contributed by atoms with Crippen LogP contribution in [-0.4, -0.2) is 23.8 Å². The van der Waals surface area contributed by atoms with Gasteiger partial charge in [-0.15, -0.1) is 0 Å². The highest BCUT2D eigenvalue weighted by atomic mass is 16.3. The molecule has 0 bridgehead atoms. The molecule has 1 heterocycles. The summed E-state index contributed by atoms with van der Waals surface area (Å²) in [6.07, 6.45) is 4.35. The van der Waals surface area contributed by atoms with Gasteiger partial charge in [-0.2, -0.15) is 0 Å². The molecule has 2 aliphatic rings. The topological polar surface area (TPSA) is 32.3 Å². The van der Waals surface area contributed by atoms with Crippen LogP contribution in [-0.2, 0) is 6.42 Å². The van der Waals surface area contributed by atoms with Crippen molar-refractivity contribution in [3.05, 3.63) is 35.4 Å². The quantitative estimate of drug-likeness (QED) is 0.809. The van der Waals surface area contributed by atoms with Gasteiger partial charge in [0.05, 0.1) is 5.60 Å². The van der Waals surface area contributed by atoms with E-state index in [1.165, 1.54) is 24.0 Å². The summed E-state index contributed by atoms with van der Waals surface area (Å²) in [6.45, 7) is 1.69. The number of hydrogen-bond donors (Lipinski definition) is 2. The first kappa shape index (κ1) is 10.3. The molecule has 1 saturated carbocycles. The van der Waals surface area contributed by atoms with Crippen LogP contribution >= 0.6 is 0 Å². The standard InChI is InChI=1S/C14H19NO/c16-14(7-8-15-10-14)9-12-3-1-2-4-13(12)11-5-6-11/h1-4,11,15-16H,5-10H2. The normalized spacial score (nSPS) is 29.6. The molecule has 1 saturated heterocycles. The predicted molar refractivity (Wildman–Crippen MR) is 64.6 cm³/mol. The largest absolute Gasteiger partial charge is 0.388 e. The highest BCUT2D eigenvalue weighted by molar-refractivity contribution is 5.34. The number of hydrogen-bond acceptors (Lipinski definition) is 2. The van der Waals surface area contributed by atoms with Gasteiger partial charge in [-0.05, 0) is 42.9 Å². The summed E-state index contributed by atoms with van der Waals surface area (Å²) >= 11 is 0. The van der Waals surface area contributed by atoms with Crippen LogP contribution in [0.2, 0.25) is 0 Å². The molecule has 2 N–H and O–H groups in total. The summed E-state index contributed by atoms with van der Waals surface area (Å²) in [7, 11) is 0. The van der Waals surface area contributed by atoms with E-state index in [1.807, 2.05) is 0 Å². The molecular formula is C14H19NO. The molecule has 1 aliphatic heterocycles. The molecule has 2 fully saturated rings. The van der Waals surface area contributed by atoms with E-state index in [0.29, 0.717) is 0 Å². The number of aliphatic hydroxyl groups is 1. The summed E-state index contributed by atoms with van der Waals surface area (Å²) in [4.78, 5) is 0. The van der Waals surface area contributed by atoms with E-state index >= 15 is 0 Å². The van der Waals surface area contributed by atoms with Crippen LogP contribution in [0.5, 0.6) is 0 Å². The summed E-state index contributed by atoms with van der Waals surface area (Å²) in [6, 6.07) is 8.63. The molecule has 0 radical (unpaired) electrons. The van der Waals surface area contributed by atoms with Gasteiger partial charge in [0.15, 0.2) is 0 Å². The van der Waals surface area contributed by atoms with Crippen molar-refractivity contribution in [3.8, 4) is 0 Å². The Hall–Kier alpha value is -0.860. The average molecular weight is 217 g/mol. The Balaban J connectivity index is 1.83. The maximum Gasteiger partial charge on any atom is 0.0823 e. The lowest BCUT2D eigenvalue weighted by Crippen LogP contribution is -2.34. The first-order chi connectivity index (χ1) is 7.77. The first-order valence-electron chi connectivity index (χ1n) is 6.28. The lowest BCUT2D eigenvalue weighted by atomic mass is 9.90. The van der Waals surface area contributed by atoms with Crippen molar-refractivity contribution >= 4 is 0 Å². The van der Waals surface area contributed by atoms with Crippen molar-refractivity contribution in [1.82, 2.24) is 5.32 Å². The van der Waals surface area contributed by atoms with Gasteiger partial charge in [0, 0.05) is 13.0 Å². The van der Waals surface area contributed by atoms with Crippen LogP contribution in [0.15, 0.2) is 24.3 Å². The number of rotatable bonds is 3. The molecule has 86 valence electrons. The van der Waals surface area contributed by atoms with Gasteiger partial charge in [0.2, 0.25) is 0 Å². The number of benzene rings is 1. The summed E-state index contributed by atoms with van der Waals surface area (Å²) in [5, 5.41) is 13.7. The molecule has 1 unspecified atom stereocenters. The van der Waals surface area contributed by atoms with E-state index in [1.54, 1.807) is 0 Å². The summed E-state index contributed by atoms with van der Waals surface area (Å²) in [5.74, 6) is 0.772. The lowest BCUT2D eigenvalue weighted by molar-refractivity contribution is 0.0617. The highest BCUT2D eigenvalue weighted by Crippen LogP contribution is 2.42. The lowest BCUT2D eigenvalue weighted by Gasteiger charge is -2.22. The zero-order valence-electron chi connectivity index (χ0n) is 9.58. The molecule has 16 heavy (non-hydrogen) atoms. The van der Waals surface area contributed by atoms with E-state index < -0.39 is 5.60 Å². The Labute approximate surface area is 96.7 Å². The van der Waals surface area contributed by atoms with Gasteiger partial charge < -0.3 is 10.4 Å². The molecule has 1 aromatic carbocycles. The minimum atomic E-state index is -0.509. The Bertz CT molecular complexity index is 378. The molecule has 0 spiro atoms. The number of nitrogens with one attached hydrogen (secondary N) is 1. The van der Waals surface area contributed by atoms with Crippen molar-refractivity contribution in [1.29, 1.82) is 0 Å². The summed E-state index contributed by atoms with van der Waals surface area (Å²) in [5.41, 5.74) is 2.32. The second-order valence-corrected chi connectivity index (χ2v) is 5.30. The monoisotopic (exact) mass is 217 g/mol. The molecule has 2 heteroatoms. The van der Waals surface area contributed by atoms with Crippen LogP contribution in [0.4, 0.5) is 0 Å². The Morgan fingerprint density at radius 1 is 1.31 bits per heavy atom. The molecule has 2 nitrogen and oxygen atoms in total. The van der Waals surface area contributed by atoms with Gasteiger partial charge >= 0.3 is 0 Å². The van der Waals surface area contributed by atoms with Crippen molar-refractivity contribution in [2.24, 2.45) is 0 Å². The fourth-order valence-corrected chi connectivity index (χ4v) is 2.72. The number of β-amino-alcohol motifs (C(OH)–C–C–N with tert-alkyl or cyclic N) is 1. The van der Waals surface area contributed by atoms with Gasteiger partial charge in [-0.3, -0.25) is 0 Å². The van der Waals surface area contributed by atoms with E-state index in [0.717, 1.165) is 31.8 Å². The van der Waals surface area contributed by atoms with Gasteiger partial charge in [0.25, 0.3) is 0 Å². The molecule has 0 amide bonds. The molecule has 3 rings (SSSR count). The SMILES string of the molecule is OC1(Cc2ccccc2C2CC2)CCNC1. The fourth-order valence-electron chi connectivity index (χ4n) is 2.72. The van der Waals surface area contributed by atoms with E-state index in [2.05, 4.69) is 29.6 Å². The van der Waals surface area contributed by atoms with Crippen molar-refractivity contribution in [2.75, 3.05) is 13.1 Å². The smallest absolute Gasteiger partial charge is 0.0823 e. The zero-order chi connectivity index (χ0) is 11.0. The maximum absolute atomic E-state index is 10.4. The molecule has 1 aliphatic carbocycles. The Morgan fingerprint density at radius 2 is 2.12 bits per heavy atom. The maximum atomic E-state index is 10.4. The zero-order valence-corrected chi connectivity index (χ0v) is 9.58. The second kappa shape index (κ2) is 3.86. The average Bonchev–Trinajstić information content (AvgIpc) is 3.03. The third kappa shape index (κ3) is 2.00. The minimum Gasteiger partial charge on any atom is -0.388 e. The van der Waals surface area contributed by atoms with E-state index in [-0.39, 0.29) is 0 Å². The fraction of sp³-hybridized carbons (Fsp3) is 0.571. The van der Waals surface area contributed by atoms with E-state index in [4.69, 9.17) is 0 Å². The van der Waals surface area contributed by atoms with Crippen LogP contribution < -0.4 is 5.32 Å². The highest BCUT2D eigenvalue weighted by Gasteiger charge is 2.33.